The second kappa shape index (κ2) is 8.62. The fraction of sp³-hybridized carbons (Fsp3) is 0.222. The fourth-order valence-corrected chi connectivity index (χ4v) is 1.96. The first-order valence-corrected chi connectivity index (χ1v) is 7.28. The molecule has 0 bridgehead atoms. The van der Waals surface area contributed by atoms with Gasteiger partial charge in [0.2, 0.25) is 5.91 Å². The van der Waals surface area contributed by atoms with E-state index in [2.05, 4.69) is 5.32 Å². The quantitative estimate of drug-likeness (QED) is 0.798. The van der Waals surface area contributed by atoms with Gasteiger partial charge in [0.25, 0.3) is 0 Å². The zero-order chi connectivity index (χ0) is 15.6. The number of carbonyl (C=O) groups excluding carboxylic acids is 2. The van der Waals surface area contributed by atoms with Gasteiger partial charge in [-0.15, -0.1) is 0 Å². The van der Waals surface area contributed by atoms with Crippen molar-refractivity contribution < 1.29 is 14.3 Å². The molecule has 0 atom stereocenters. The van der Waals surface area contributed by atoms with Crippen molar-refractivity contribution in [2.45, 2.75) is 19.3 Å². The molecule has 2 rings (SSSR count). The molecule has 0 radical (unpaired) electrons. The van der Waals surface area contributed by atoms with E-state index >= 15 is 0 Å². The highest BCUT2D eigenvalue weighted by molar-refractivity contribution is 5.92. The van der Waals surface area contributed by atoms with E-state index in [9.17, 15) is 9.59 Å². The number of benzene rings is 2. The molecule has 0 saturated carbocycles. The van der Waals surface area contributed by atoms with Gasteiger partial charge in [-0.1, -0.05) is 48.5 Å². The molecule has 22 heavy (non-hydrogen) atoms. The van der Waals surface area contributed by atoms with Crippen molar-refractivity contribution in [2.75, 3.05) is 11.9 Å². The van der Waals surface area contributed by atoms with Crippen LogP contribution in [0.2, 0.25) is 0 Å². The molecule has 4 nitrogen and oxygen atoms in total. The number of hydrogen-bond acceptors (Lipinski definition) is 3. The largest absolute Gasteiger partial charge is 0.465 e. The van der Waals surface area contributed by atoms with Gasteiger partial charge in [-0.3, -0.25) is 9.59 Å². The Bertz CT molecular complexity index is 596. The van der Waals surface area contributed by atoms with Crippen LogP contribution >= 0.6 is 0 Å². The summed E-state index contributed by atoms with van der Waals surface area (Å²) < 4.78 is 5.13. The molecular weight excluding hydrogens is 278 g/mol. The van der Waals surface area contributed by atoms with Crippen molar-refractivity contribution in [3.8, 4) is 0 Å². The van der Waals surface area contributed by atoms with Crippen LogP contribution in [0.15, 0.2) is 60.7 Å². The smallest absolute Gasteiger partial charge is 0.306 e. The van der Waals surface area contributed by atoms with Crippen molar-refractivity contribution in [3.63, 3.8) is 0 Å². The molecule has 1 amide bonds. The lowest BCUT2D eigenvalue weighted by molar-refractivity contribution is -0.144. The summed E-state index contributed by atoms with van der Waals surface area (Å²) in [6.07, 6.45) is 0.898. The third-order valence-electron chi connectivity index (χ3n) is 3.11. The number of carbonyl (C=O) groups is 2. The van der Waals surface area contributed by atoms with E-state index in [0.717, 1.165) is 11.3 Å². The van der Waals surface area contributed by atoms with E-state index in [1.165, 1.54) is 0 Å². The highest BCUT2D eigenvalue weighted by Crippen LogP contribution is 2.06. The number of para-hydroxylation sites is 1. The third kappa shape index (κ3) is 5.79. The standard InChI is InChI=1S/C18H19NO3/c20-17(19-16-9-5-2-6-10-16)11-12-18(21)22-14-13-15-7-3-1-4-8-15/h1-10H,11-14H2,(H,19,20). The maximum atomic E-state index is 11.7. The highest BCUT2D eigenvalue weighted by atomic mass is 16.5. The molecule has 4 heteroatoms. The SMILES string of the molecule is O=C(CCC(=O)OCCc1ccccc1)Nc1ccccc1. The summed E-state index contributed by atoms with van der Waals surface area (Å²) in [7, 11) is 0. The van der Waals surface area contributed by atoms with Crippen LogP contribution in [-0.4, -0.2) is 18.5 Å². The van der Waals surface area contributed by atoms with Gasteiger partial charge in [0, 0.05) is 18.5 Å². The van der Waals surface area contributed by atoms with E-state index in [1.807, 2.05) is 48.5 Å². The molecule has 2 aromatic carbocycles. The van der Waals surface area contributed by atoms with E-state index in [4.69, 9.17) is 4.74 Å². The maximum absolute atomic E-state index is 11.7. The fourth-order valence-electron chi connectivity index (χ4n) is 1.96. The van der Waals surface area contributed by atoms with Crippen LogP contribution in [0.25, 0.3) is 0 Å². The van der Waals surface area contributed by atoms with Crippen molar-refractivity contribution in [2.24, 2.45) is 0 Å². The van der Waals surface area contributed by atoms with Crippen LogP contribution in [-0.2, 0) is 20.7 Å². The minimum absolute atomic E-state index is 0.0907. The molecule has 0 aliphatic carbocycles. The Morgan fingerprint density at radius 3 is 2.18 bits per heavy atom. The molecular formula is C18H19NO3. The molecule has 0 heterocycles. The van der Waals surface area contributed by atoms with Crippen LogP contribution in [0.5, 0.6) is 0 Å². The molecule has 1 N–H and O–H groups in total. The monoisotopic (exact) mass is 297 g/mol. The van der Waals surface area contributed by atoms with Crippen molar-refractivity contribution in [3.05, 3.63) is 66.2 Å². The molecule has 0 aliphatic rings. The van der Waals surface area contributed by atoms with Gasteiger partial charge < -0.3 is 10.1 Å². The summed E-state index contributed by atoms with van der Waals surface area (Å²) in [5.74, 6) is -0.537. The van der Waals surface area contributed by atoms with Crippen LogP contribution < -0.4 is 5.32 Å². The number of ether oxygens (including phenoxy) is 1. The second-order valence-corrected chi connectivity index (χ2v) is 4.87. The summed E-state index contributed by atoms with van der Waals surface area (Å²) in [5, 5.41) is 2.73. The number of anilines is 1. The van der Waals surface area contributed by atoms with Gasteiger partial charge >= 0.3 is 5.97 Å². The Morgan fingerprint density at radius 2 is 1.50 bits per heavy atom. The molecule has 0 aliphatic heterocycles. The zero-order valence-electron chi connectivity index (χ0n) is 12.3. The Balaban J connectivity index is 1.62. The molecule has 2 aromatic rings. The predicted molar refractivity (Wildman–Crippen MR) is 85.4 cm³/mol. The van der Waals surface area contributed by atoms with Crippen molar-refractivity contribution >= 4 is 17.6 Å². The Morgan fingerprint density at radius 1 is 0.864 bits per heavy atom. The van der Waals surface area contributed by atoms with Gasteiger partial charge in [-0.05, 0) is 17.7 Å². The molecule has 114 valence electrons. The van der Waals surface area contributed by atoms with Gasteiger partial charge in [-0.25, -0.2) is 0 Å². The lowest BCUT2D eigenvalue weighted by atomic mass is 10.2. The summed E-state index contributed by atoms with van der Waals surface area (Å²) in [6.45, 7) is 0.336. The Hall–Kier alpha value is -2.62. The Labute approximate surface area is 130 Å². The van der Waals surface area contributed by atoms with Crippen molar-refractivity contribution in [1.82, 2.24) is 0 Å². The van der Waals surface area contributed by atoms with Gasteiger partial charge in [0.05, 0.1) is 13.0 Å². The second-order valence-electron chi connectivity index (χ2n) is 4.87. The maximum Gasteiger partial charge on any atom is 0.306 e. The molecule has 0 unspecified atom stereocenters. The minimum atomic E-state index is -0.348. The van der Waals surface area contributed by atoms with Crippen molar-refractivity contribution in [1.29, 1.82) is 0 Å². The number of hydrogen-bond donors (Lipinski definition) is 1. The van der Waals surface area contributed by atoms with Gasteiger partial charge in [0.15, 0.2) is 0 Å². The van der Waals surface area contributed by atoms with Crippen LogP contribution in [0.3, 0.4) is 0 Å². The first-order valence-electron chi connectivity index (χ1n) is 7.28. The van der Waals surface area contributed by atoms with Crippen LogP contribution in [0, 0.1) is 0 Å². The normalized spacial score (nSPS) is 10.0. The number of nitrogens with one attached hydrogen (secondary N) is 1. The number of amides is 1. The zero-order valence-corrected chi connectivity index (χ0v) is 12.3. The number of rotatable bonds is 7. The third-order valence-corrected chi connectivity index (χ3v) is 3.11. The highest BCUT2D eigenvalue weighted by Gasteiger charge is 2.08. The van der Waals surface area contributed by atoms with Crippen LogP contribution in [0.1, 0.15) is 18.4 Å². The van der Waals surface area contributed by atoms with Gasteiger partial charge in [-0.2, -0.15) is 0 Å². The van der Waals surface area contributed by atoms with E-state index in [0.29, 0.717) is 13.0 Å². The lowest BCUT2D eigenvalue weighted by Crippen LogP contribution is -2.15. The van der Waals surface area contributed by atoms with E-state index in [1.54, 1.807) is 12.1 Å². The molecule has 0 saturated heterocycles. The summed E-state index contributed by atoms with van der Waals surface area (Å²) >= 11 is 0. The summed E-state index contributed by atoms with van der Waals surface area (Å²) in [4.78, 5) is 23.3. The van der Waals surface area contributed by atoms with Crippen LogP contribution in [0.4, 0.5) is 5.69 Å². The molecule has 0 spiro atoms. The summed E-state index contributed by atoms with van der Waals surface area (Å²) in [5.41, 5.74) is 1.85. The topological polar surface area (TPSA) is 55.4 Å². The summed E-state index contributed by atoms with van der Waals surface area (Å²) in [6, 6.07) is 19.0. The average molecular weight is 297 g/mol. The van der Waals surface area contributed by atoms with Gasteiger partial charge in [0.1, 0.15) is 0 Å². The number of esters is 1. The lowest BCUT2D eigenvalue weighted by Gasteiger charge is -2.06. The molecule has 0 fully saturated rings. The molecule has 0 aromatic heterocycles. The average Bonchev–Trinajstić information content (AvgIpc) is 2.55. The van der Waals surface area contributed by atoms with E-state index < -0.39 is 0 Å². The first kappa shape index (κ1) is 15.8. The first-order chi connectivity index (χ1) is 10.7. The van der Waals surface area contributed by atoms with E-state index in [-0.39, 0.29) is 24.7 Å². The Kier molecular flexibility index (Phi) is 6.18. The predicted octanol–water partition coefficient (Wildman–Crippen LogP) is 3.19. The minimum Gasteiger partial charge on any atom is -0.465 e.